The Morgan fingerprint density at radius 1 is 1.22 bits per heavy atom. The highest BCUT2D eigenvalue weighted by Crippen LogP contribution is 2.39. The fraction of sp³-hybridized carbons (Fsp3) is 1.00. The van der Waals surface area contributed by atoms with Crippen molar-refractivity contribution in [1.29, 1.82) is 0 Å². The lowest BCUT2D eigenvalue weighted by atomic mass is 9.68. The van der Waals surface area contributed by atoms with E-state index in [0.29, 0.717) is 30.5 Å². The van der Waals surface area contributed by atoms with E-state index >= 15 is 0 Å². The minimum absolute atomic E-state index is 0.342. The first-order chi connectivity index (χ1) is 8.44. The standard InChI is InChI=1S/C14H28N2O2/c1-14(2)6-4-5-10(13(14)15-3)7-16-8-11(17)12(18)9-16/h10-13,15,17-18H,4-9H2,1-3H3. The number of likely N-dealkylation sites (tertiary alicyclic amines) is 1. The lowest BCUT2D eigenvalue weighted by molar-refractivity contribution is 0.0572. The molecule has 0 aromatic heterocycles. The zero-order valence-electron chi connectivity index (χ0n) is 11.9. The molecular weight excluding hydrogens is 228 g/mol. The Morgan fingerprint density at radius 2 is 1.83 bits per heavy atom. The Hall–Kier alpha value is -0.160. The van der Waals surface area contributed by atoms with Crippen LogP contribution < -0.4 is 5.32 Å². The van der Waals surface area contributed by atoms with Gasteiger partial charge in [0.15, 0.2) is 0 Å². The second-order valence-corrected chi connectivity index (χ2v) is 6.76. The predicted octanol–water partition coefficient (Wildman–Crippen LogP) is 0.438. The molecular formula is C14H28N2O2. The number of nitrogens with zero attached hydrogens (tertiary/aromatic N) is 1. The quantitative estimate of drug-likeness (QED) is 0.686. The van der Waals surface area contributed by atoms with Crippen LogP contribution in [0, 0.1) is 11.3 Å². The summed E-state index contributed by atoms with van der Waals surface area (Å²) in [4.78, 5) is 2.21. The smallest absolute Gasteiger partial charge is 0.0938 e. The van der Waals surface area contributed by atoms with Crippen LogP contribution in [-0.2, 0) is 0 Å². The van der Waals surface area contributed by atoms with Gasteiger partial charge in [0.25, 0.3) is 0 Å². The molecule has 18 heavy (non-hydrogen) atoms. The molecule has 106 valence electrons. The topological polar surface area (TPSA) is 55.7 Å². The maximum absolute atomic E-state index is 9.62. The number of aliphatic hydroxyl groups excluding tert-OH is 2. The Labute approximate surface area is 110 Å². The summed E-state index contributed by atoms with van der Waals surface area (Å²) in [7, 11) is 2.05. The molecule has 2 rings (SSSR count). The van der Waals surface area contributed by atoms with Crippen LogP contribution in [0.3, 0.4) is 0 Å². The number of hydrogen-bond acceptors (Lipinski definition) is 4. The van der Waals surface area contributed by atoms with E-state index in [2.05, 4.69) is 31.1 Å². The maximum Gasteiger partial charge on any atom is 0.0938 e. The van der Waals surface area contributed by atoms with Crippen LogP contribution in [0.25, 0.3) is 0 Å². The number of rotatable bonds is 3. The zero-order chi connectivity index (χ0) is 13.3. The third kappa shape index (κ3) is 2.87. The average Bonchev–Trinajstić information content (AvgIpc) is 2.57. The summed E-state index contributed by atoms with van der Waals surface area (Å²) >= 11 is 0. The zero-order valence-corrected chi connectivity index (χ0v) is 11.9. The molecule has 0 aromatic rings. The molecule has 0 bridgehead atoms. The van der Waals surface area contributed by atoms with Gasteiger partial charge in [0, 0.05) is 25.7 Å². The van der Waals surface area contributed by atoms with Crippen LogP contribution in [0.15, 0.2) is 0 Å². The van der Waals surface area contributed by atoms with Crippen molar-refractivity contribution < 1.29 is 10.2 Å². The molecule has 0 amide bonds. The van der Waals surface area contributed by atoms with Gasteiger partial charge in [-0.15, -0.1) is 0 Å². The van der Waals surface area contributed by atoms with E-state index < -0.39 is 12.2 Å². The first-order valence-electron chi connectivity index (χ1n) is 7.20. The summed E-state index contributed by atoms with van der Waals surface area (Å²) in [6.07, 6.45) is 2.69. The van der Waals surface area contributed by atoms with Crippen LogP contribution in [0.2, 0.25) is 0 Å². The van der Waals surface area contributed by atoms with Crippen LogP contribution in [0.5, 0.6) is 0 Å². The van der Waals surface area contributed by atoms with Gasteiger partial charge in [-0.25, -0.2) is 0 Å². The highest BCUT2D eigenvalue weighted by Gasteiger charge is 2.40. The summed E-state index contributed by atoms with van der Waals surface area (Å²) in [5.41, 5.74) is 0.342. The van der Waals surface area contributed by atoms with Crippen molar-refractivity contribution >= 4 is 0 Å². The summed E-state index contributed by atoms with van der Waals surface area (Å²) in [5, 5.41) is 22.7. The molecule has 2 aliphatic rings. The van der Waals surface area contributed by atoms with E-state index in [1.165, 1.54) is 19.3 Å². The molecule has 1 aliphatic carbocycles. The van der Waals surface area contributed by atoms with Gasteiger partial charge in [0.2, 0.25) is 0 Å². The summed E-state index contributed by atoms with van der Waals surface area (Å²) < 4.78 is 0. The second kappa shape index (κ2) is 5.45. The number of aliphatic hydroxyl groups is 2. The molecule has 1 heterocycles. The van der Waals surface area contributed by atoms with Crippen molar-refractivity contribution in [2.45, 2.75) is 51.4 Å². The fourth-order valence-corrected chi connectivity index (χ4v) is 3.93. The van der Waals surface area contributed by atoms with Crippen molar-refractivity contribution in [3.63, 3.8) is 0 Å². The van der Waals surface area contributed by atoms with Crippen LogP contribution in [-0.4, -0.2) is 60.0 Å². The van der Waals surface area contributed by atoms with E-state index in [1.807, 2.05) is 0 Å². The van der Waals surface area contributed by atoms with Crippen molar-refractivity contribution in [1.82, 2.24) is 10.2 Å². The summed E-state index contributed by atoms with van der Waals surface area (Å²) in [5.74, 6) is 0.622. The van der Waals surface area contributed by atoms with Gasteiger partial charge < -0.3 is 15.5 Å². The van der Waals surface area contributed by atoms with Gasteiger partial charge in [-0.05, 0) is 31.2 Å². The summed E-state index contributed by atoms with van der Waals surface area (Å²) in [6, 6.07) is 0.529. The predicted molar refractivity (Wildman–Crippen MR) is 72.4 cm³/mol. The first-order valence-corrected chi connectivity index (χ1v) is 7.20. The van der Waals surface area contributed by atoms with E-state index in [1.54, 1.807) is 0 Å². The van der Waals surface area contributed by atoms with Gasteiger partial charge in [-0.1, -0.05) is 20.3 Å². The maximum atomic E-state index is 9.62. The Morgan fingerprint density at radius 3 is 2.39 bits per heavy atom. The Kier molecular flexibility index (Phi) is 4.32. The lowest BCUT2D eigenvalue weighted by Crippen LogP contribution is -2.51. The van der Waals surface area contributed by atoms with E-state index in [4.69, 9.17) is 0 Å². The minimum atomic E-state index is -0.561. The third-order valence-electron chi connectivity index (χ3n) is 4.85. The molecule has 4 unspecified atom stereocenters. The van der Waals surface area contributed by atoms with Crippen molar-refractivity contribution in [2.24, 2.45) is 11.3 Å². The Balaban J connectivity index is 1.95. The minimum Gasteiger partial charge on any atom is -0.389 e. The second-order valence-electron chi connectivity index (χ2n) is 6.76. The van der Waals surface area contributed by atoms with E-state index in [-0.39, 0.29) is 0 Å². The number of β-amino-alcohol motifs (C(OH)–C–C–N with tert-alkyl or cyclic N) is 2. The van der Waals surface area contributed by atoms with Crippen molar-refractivity contribution in [2.75, 3.05) is 26.7 Å². The number of nitrogens with one attached hydrogen (secondary N) is 1. The average molecular weight is 256 g/mol. The number of hydrogen-bond donors (Lipinski definition) is 3. The monoisotopic (exact) mass is 256 g/mol. The van der Waals surface area contributed by atoms with Gasteiger partial charge in [-0.3, -0.25) is 4.90 Å². The molecule has 1 saturated carbocycles. The molecule has 4 heteroatoms. The molecule has 1 saturated heterocycles. The molecule has 4 nitrogen and oxygen atoms in total. The first kappa shape index (κ1) is 14.3. The molecule has 0 aromatic carbocycles. The molecule has 2 fully saturated rings. The van der Waals surface area contributed by atoms with Gasteiger partial charge >= 0.3 is 0 Å². The van der Waals surface area contributed by atoms with E-state index in [9.17, 15) is 10.2 Å². The summed E-state index contributed by atoms with van der Waals surface area (Å²) in [6.45, 7) is 6.91. The fourth-order valence-electron chi connectivity index (χ4n) is 3.93. The molecule has 1 aliphatic heterocycles. The van der Waals surface area contributed by atoms with Gasteiger partial charge in [0.1, 0.15) is 0 Å². The van der Waals surface area contributed by atoms with Crippen LogP contribution in [0.4, 0.5) is 0 Å². The SMILES string of the molecule is CNC1C(CN2CC(O)C(O)C2)CCCC1(C)C. The van der Waals surface area contributed by atoms with Crippen LogP contribution >= 0.6 is 0 Å². The Bertz CT molecular complexity index is 273. The highest BCUT2D eigenvalue weighted by atomic mass is 16.3. The third-order valence-corrected chi connectivity index (χ3v) is 4.85. The highest BCUT2D eigenvalue weighted by molar-refractivity contribution is 4.95. The largest absolute Gasteiger partial charge is 0.389 e. The normalized spacial score (nSPS) is 41.2. The van der Waals surface area contributed by atoms with Crippen molar-refractivity contribution in [3.8, 4) is 0 Å². The molecule has 4 atom stereocenters. The lowest BCUT2D eigenvalue weighted by Gasteiger charge is -2.45. The van der Waals surface area contributed by atoms with Crippen LogP contribution in [0.1, 0.15) is 33.1 Å². The molecule has 0 radical (unpaired) electrons. The van der Waals surface area contributed by atoms with E-state index in [0.717, 1.165) is 6.54 Å². The molecule has 3 N–H and O–H groups in total. The van der Waals surface area contributed by atoms with Gasteiger partial charge in [0.05, 0.1) is 12.2 Å². The molecule has 0 spiro atoms. The van der Waals surface area contributed by atoms with Gasteiger partial charge in [-0.2, -0.15) is 0 Å². The van der Waals surface area contributed by atoms with Crippen molar-refractivity contribution in [3.05, 3.63) is 0 Å².